The molecule has 1 rings (SSSR count). The van der Waals surface area contributed by atoms with Gasteiger partial charge in [0.1, 0.15) is 5.76 Å². The van der Waals surface area contributed by atoms with Crippen molar-refractivity contribution in [2.24, 2.45) is 5.73 Å². The lowest BCUT2D eigenvalue weighted by molar-refractivity contribution is 0.428. The molecular weight excluding hydrogens is 152 g/mol. The van der Waals surface area contributed by atoms with Crippen molar-refractivity contribution >= 4 is 0 Å². The van der Waals surface area contributed by atoms with Gasteiger partial charge in [-0.3, -0.25) is 0 Å². The summed E-state index contributed by atoms with van der Waals surface area (Å²) in [5.41, 5.74) is 5.55. The summed E-state index contributed by atoms with van der Waals surface area (Å²) in [5.74, 6) is 0.874. The van der Waals surface area contributed by atoms with Crippen LogP contribution in [0.3, 0.4) is 0 Å². The van der Waals surface area contributed by atoms with Gasteiger partial charge in [0.25, 0.3) is 0 Å². The number of nitrogens with one attached hydrogen (secondary N) is 1. The molecule has 0 spiro atoms. The lowest BCUT2D eigenvalue weighted by atomic mass is 10.2. The zero-order valence-electron chi connectivity index (χ0n) is 6.99. The van der Waals surface area contributed by atoms with E-state index in [4.69, 9.17) is 10.2 Å². The number of furan rings is 1. The Kier molecular flexibility index (Phi) is 3.57. The number of hydrogen-bond acceptors (Lipinski definition) is 3. The van der Waals surface area contributed by atoms with E-state index in [0.717, 1.165) is 12.3 Å². The molecule has 0 aliphatic rings. The van der Waals surface area contributed by atoms with Gasteiger partial charge in [-0.25, -0.2) is 0 Å². The summed E-state index contributed by atoms with van der Waals surface area (Å²) < 4.78 is 5.21. The molecule has 0 saturated heterocycles. The lowest BCUT2D eigenvalue weighted by Gasteiger charge is -2.11. The van der Waals surface area contributed by atoms with E-state index in [9.17, 15) is 0 Å². The van der Waals surface area contributed by atoms with Crippen LogP contribution in [-0.2, 0) is 0 Å². The van der Waals surface area contributed by atoms with E-state index in [0.29, 0.717) is 6.54 Å². The summed E-state index contributed by atoms with van der Waals surface area (Å²) in [6.07, 6.45) is 3.44. The van der Waals surface area contributed by atoms with Crippen LogP contribution >= 0.6 is 0 Å². The van der Waals surface area contributed by atoms with Crippen LogP contribution in [0.1, 0.15) is 11.8 Å². The fourth-order valence-electron chi connectivity index (χ4n) is 1.02. The highest BCUT2D eigenvalue weighted by molar-refractivity contribution is 5.05. The van der Waals surface area contributed by atoms with Gasteiger partial charge in [-0.2, -0.15) is 0 Å². The van der Waals surface area contributed by atoms with E-state index in [1.165, 1.54) is 0 Å². The van der Waals surface area contributed by atoms with E-state index in [1.54, 1.807) is 12.3 Å². The Hall–Kier alpha value is -1.06. The third kappa shape index (κ3) is 2.22. The predicted molar refractivity (Wildman–Crippen MR) is 48.7 cm³/mol. The van der Waals surface area contributed by atoms with Crippen LogP contribution in [0, 0.1) is 0 Å². The van der Waals surface area contributed by atoms with E-state index in [2.05, 4.69) is 11.9 Å². The Morgan fingerprint density at radius 3 is 3.08 bits per heavy atom. The molecule has 0 fully saturated rings. The maximum absolute atomic E-state index is 5.55. The molecule has 0 amide bonds. The van der Waals surface area contributed by atoms with Crippen LogP contribution in [0.2, 0.25) is 0 Å². The first-order valence-corrected chi connectivity index (χ1v) is 3.96. The molecule has 1 atom stereocenters. The summed E-state index contributed by atoms with van der Waals surface area (Å²) in [6, 6.07) is 3.86. The van der Waals surface area contributed by atoms with Gasteiger partial charge in [0.15, 0.2) is 0 Å². The number of rotatable bonds is 5. The zero-order chi connectivity index (χ0) is 8.81. The standard InChI is InChI=1S/C9H14N2O/c1-2-5-11-8(7-10)9-4-3-6-12-9/h2-4,6,8,11H,1,5,7,10H2. The van der Waals surface area contributed by atoms with Gasteiger partial charge in [0, 0.05) is 13.1 Å². The van der Waals surface area contributed by atoms with Crippen molar-refractivity contribution in [1.29, 1.82) is 0 Å². The molecule has 0 bridgehead atoms. The number of hydrogen-bond donors (Lipinski definition) is 2. The third-order valence-corrected chi connectivity index (χ3v) is 1.63. The molecule has 3 heteroatoms. The van der Waals surface area contributed by atoms with Gasteiger partial charge < -0.3 is 15.5 Å². The highest BCUT2D eigenvalue weighted by Crippen LogP contribution is 2.10. The predicted octanol–water partition coefficient (Wildman–Crippen LogP) is 1.06. The second-order valence-electron chi connectivity index (χ2n) is 2.50. The van der Waals surface area contributed by atoms with Crippen LogP contribution in [0.15, 0.2) is 35.5 Å². The van der Waals surface area contributed by atoms with Gasteiger partial charge >= 0.3 is 0 Å². The summed E-state index contributed by atoms with van der Waals surface area (Å²) in [6.45, 7) is 4.88. The molecule has 3 nitrogen and oxygen atoms in total. The first-order valence-electron chi connectivity index (χ1n) is 3.96. The van der Waals surface area contributed by atoms with E-state index >= 15 is 0 Å². The van der Waals surface area contributed by atoms with Crippen LogP contribution in [0.5, 0.6) is 0 Å². The molecule has 66 valence electrons. The quantitative estimate of drug-likeness (QED) is 0.643. The Balaban J connectivity index is 2.51. The Labute approximate surface area is 72.3 Å². The largest absolute Gasteiger partial charge is 0.468 e. The van der Waals surface area contributed by atoms with Gasteiger partial charge in [0.2, 0.25) is 0 Å². The fraction of sp³-hybridized carbons (Fsp3) is 0.333. The van der Waals surface area contributed by atoms with Crippen molar-refractivity contribution in [2.75, 3.05) is 13.1 Å². The lowest BCUT2D eigenvalue weighted by Crippen LogP contribution is -2.27. The Morgan fingerprint density at radius 2 is 2.58 bits per heavy atom. The summed E-state index contributed by atoms with van der Waals surface area (Å²) in [4.78, 5) is 0. The minimum atomic E-state index is 0.0954. The van der Waals surface area contributed by atoms with Crippen LogP contribution in [0.4, 0.5) is 0 Å². The van der Waals surface area contributed by atoms with Crippen molar-refractivity contribution in [3.8, 4) is 0 Å². The third-order valence-electron chi connectivity index (χ3n) is 1.63. The van der Waals surface area contributed by atoms with Gasteiger partial charge in [-0.15, -0.1) is 6.58 Å². The first kappa shape index (κ1) is 9.03. The highest BCUT2D eigenvalue weighted by Gasteiger charge is 2.09. The molecule has 12 heavy (non-hydrogen) atoms. The highest BCUT2D eigenvalue weighted by atomic mass is 16.3. The summed E-state index contributed by atoms with van der Waals surface area (Å²) in [5, 5.41) is 3.18. The van der Waals surface area contributed by atoms with E-state index < -0.39 is 0 Å². The van der Waals surface area contributed by atoms with Crippen molar-refractivity contribution in [1.82, 2.24) is 5.32 Å². The molecule has 0 aromatic carbocycles. The fourth-order valence-corrected chi connectivity index (χ4v) is 1.02. The minimum Gasteiger partial charge on any atom is -0.468 e. The smallest absolute Gasteiger partial charge is 0.121 e. The molecule has 1 heterocycles. The molecule has 3 N–H and O–H groups in total. The van der Waals surface area contributed by atoms with E-state index in [-0.39, 0.29) is 6.04 Å². The van der Waals surface area contributed by atoms with Crippen LogP contribution < -0.4 is 11.1 Å². The van der Waals surface area contributed by atoms with Crippen molar-refractivity contribution in [3.05, 3.63) is 36.8 Å². The normalized spacial score (nSPS) is 12.8. The first-order chi connectivity index (χ1) is 5.88. The molecule has 0 aliphatic heterocycles. The van der Waals surface area contributed by atoms with Crippen molar-refractivity contribution in [2.45, 2.75) is 6.04 Å². The van der Waals surface area contributed by atoms with Crippen molar-refractivity contribution < 1.29 is 4.42 Å². The van der Waals surface area contributed by atoms with Crippen LogP contribution in [-0.4, -0.2) is 13.1 Å². The maximum Gasteiger partial charge on any atom is 0.121 e. The molecule has 1 aromatic rings. The molecule has 0 radical (unpaired) electrons. The molecule has 0 aliphatic carbocycles. The molecule has 1 unspecified atom stereocenters. The van der Waals surface area contributed by atoms with Crippen molar-refractivity contribution in [3.63, 3.8) is 0 Å². The topological polar surface area (TPSA) is 51.2 Å². The monoisotopic (exact) mass is 166 g/mol. The molecule has 0 saturated carbocycles. The van der Waals surface area contributed by atoms with Gasteiger partial charge in [-0.1, -0.05) is 6.08 Å². The Bertz CT molecular complexity index is 218. The summed E-state index contributed by atoms with van der Waals surface area (Å²) in [7, 11) is 0. The minimum absolute atomic E-state index is 0.0954. The average Bonchev–Trinajstić information content (AvgIpc) is 2.59. The average molecular weight is 166 g/mol. The maximum atomic E-state index is 5.55. The van der Waals surface area contributed by atoms with Gasteiger partial charge in [-0.05, 0) is 12.1 Å². The Morgan fingerprint density at radius 1 is 1.75 bits per heavy atom. The van der Waals surface area contributed by atoms with Crippen LogP contribution in [0.25, 0.3) is 0 Å². The second-order valence-corrected chi connectivity index (χ2v) is 2.50. The summed E-state index contributed by atoms with van der Waals surface area (Å²) >= 11 is 0. The van der Waals surface area contributed by atoms with Gasteiger partial charge in [0.05, 0.1) is 12.3 Å². The second kappa shape index (κ2) is 4.74. The molecule has 1 aromatic heterocycles. The number of nitrogens with two attached hydrogens (primary N) is 1. The SMILES string of the molecule is C=CCNC(CN)c1ccco1. The molecular formula is C9H14N2O. The zero-order valence-corrected chi connectivity index (χ0v) is 6.99. The van der Waals surface area contributed by atoms with E-state index in [1.807, 2.05) is 12.1 Å².